The number of nitrogens with zero attached hydrogens (tertiary/aromatic N) is 1. The van der Waals surface area contributed by atoms with Gasteiger partial charge in [0.2, 0.25) is 11.8 Å². The number of carbonyl (C=O) groups is 2. The van der Waals surface area contributed by atoms with Crippen LogP contribution in [0.25, 0.3) is 0 Å². The second-order valence-electron chi connectivity index (χ2n) is 6.95. The summed E-state index contributed by atoms with van der Waals surface area (Å²) in [6.07, 6.45) is 9.73. The first-order valence-electron chi connectivity index (χ1n) is 8.24. The molecule has 1 saturated heterocycles. The molecule has 112 valence electrons. The molecule has 2 unspecified atom stereocenters. The summed E-state index contributed by atoms with van der Waals surface area (Å²) in [6.45, 7) is 2.52. The first-order valence-corrected chi connectivity index (χ1v) is 8.24. The Hall–Kier alpha value is -1.06. The van der Waals surface area contributed by atoms with Crippen molar-refractivity contribution in [2.45, 2.75) is 76.3 Å². The molecule has 4 nitrogen and oxygen atoms in total. The molecule has 0 aromatic rings. The Morgan fingerprint density at radius 3 is 2.50 bits per heavy atom. The first kappa shape index (κ1) is 13.9. The summed E-state index contributed by atoms with van der Waals surface area (Å²) in [5, 5.41) is 3.01. The van der Waals surface area contributed by atoms with Gasteiger partial charge in [-0.3, -0.25) is 9.59 Å². The van der Waals surface area contributed by atoms with Crippen LogP contribution in [0.4, 0.5) is 0 Å². The lowest BCUT2D eigenvalue weighted by atomic mass is 9.88. The van der Waals surface area contributed by atoms with Gasteiger partial charge in [0.15, 0.2) is 0 Å². The summed E-state index contributed by atoms with van der Waals surface area (Å²) in [6, 6.07) is 0.272. The summed E-state index contributed by atoms with van der Waals surface area (Å²) in [5.41, 5.74) is -0.554. The van der Waals surface area contributed by atoms with Crippen molar-refractivity contribution in [3.8, 4) is 0 Å². The largest absolute Gasteiger partial charge is 0.340 e. The predicted molar refractivity (Wildman–Crippen MR) is 77.1 cm³/mol. The highest BCUT2D eigenvalue weighted by molar-refractivity contribution is 5.98. The Morgan fingerprint density at radius 1 is 1.05 bits per heavy atom. The van der Waals surface area contributed by atoms with Crippen molar-refractivity contribution < 1.29 is 9.59 Å². The Labute approximate surface area is 121 Å². The van der Waals surface area contributed by atoms with E-state index >= 15 is 0 Å². The molecule has 20 heavy (non-hydrogen) atoms. The molecule has 0 aromatic heterocycles. The van der Waals surface area contributed by atoms with Crippen LogP contribution in [0, 0.1) is 5.92 Å². The average molecular weight is 278 g/mol. The highest BCUT2D eigenvalue weighted by Gasteiger charge is 2.50. The maximum atomic E-state index is 13.0. The fourth-order valence-corrected chi connectivity index (χ4v) is 4.38. The second-order valence-corrected chi connectivity index (χ2v) is 6.95. The molecule has 3 rings (SSSR count). The molecule has 2 amide bonds. The van der Waals surface area contributed by atoms with Gasteiger partial charge in [-0.2, -0.15) is 0 Å². The second kappa shape index (κ2) is 5.38. The van der Waals surface area contributed by atoms with Crippen LogP contribution < -0.4 is 5.32 Å². The fourth-order valence-electron chi connectivity index (χ4n) is 4.38. The minimum Gasteiger partial charge on any atom is -0.340 e. The molecule has 2 aliphatic carbocycles. The zero-order valence-electron chi connectivity index (χ0n) is 12.5. The van der Waals surface area contributed by atoms with Gasteiger partial charge in [-0.25, -0.2) is 0 Å². The van der Waals surface area contributed by atoms with Gasteiger partial charge < -0.3 is 10.2 Å². The standard InChI is InChI=1S/C16H26N2O2/c1-12-7-3-2-4-8-13(12)18-11-14(19)17-16(15(18)20)9-5-6-10-16/h12-13H,2-11H2,1H3,(H,17,19). The number of amides is 2. The van der Waals surface area contributed by atoms with Gasteiger partial charge in [0.1, 0.15) is 5.54 Å². The van der Waals surface area contributed by atoms with Gasteiger partial charge in [-0.15, -0.1) is 0 Å². The Bertz CT molecular complexity index is 401. The zero-order valence-corrected chi connectivity index (χ0v) is 12.5. The van der Waals surface area contributed by atoms with Crippen molar-refractivity contribution in [2.75, 3.05) is 6.54 Å². The van der Waals surface area contributed by atoms with E-state index in [-0.39, 0.29) is 24.4 Å². The van der Waals surface area contributed by atoms with Gasteiger partial charge in [0.05, 0.1) is 6.54 Å². The van der Waals surface area contributed by atoms with E-state index in [0.29, 0.717) is 5.92 Å². The Balaban J connectivity index is 1.83. The lowest BCUT2D eigenvalue weighted by molar-refractivity contribution is -0.153. The van der Waals surface area contributed by atoms with Crippen molar-refractivity contribution in [1.29, 1.82) is 0 Å². The van der Waals surface area contributed by atoms with Crippen LogP contribution in [0.5, 0.6) is 0 Å². The molecular weight excluding hydrogens is 252 g/mol. The normalized spacial score (nSPS) is 34.1. The van der Waals surface area contributed by atoms with Crippen molar-refractivity contribution in [1.82, 2.24) is 10.2 Å². The number of hydrogen-bond donors (Lipinski definition) is 1. The molecule has 1 aliphatic heterocycles. The van der Waals surface area contributed by atoms with Crippen molar-refractivity contribution in [3.63, 3.8) is 0 Å². The predicted octanol–water partition coefficient (Wildman–Crippen LogP) is 2.23. The third-order valence-electron chi connectivity index (χ3n) is 5.54. The van der Waals surface area contributed by atoms with Gasteiger partial charge >= 0.3 is 0 Å². The number of nitrogens with one attached hydrogen (secondary N) is 1. The highest BCUT2D eigenvalue weighted by atomic mass is 16.2. The maximum Gasteiger partial charge on any atom is 0.249 e. The van der Waals surface area contributed by atoms with Crippen LogP contribution in [0.3, 0.4) is 0 Å². The summed E-state index contributed by atoms with van der Waals surface area (Å²) in [4.78, 5) is 27.0. The van der Waals surface area contributed by atoms with Crippen molar-refractivity contribution in [3.05, 3.63) is 0 Å². The van der Waals surface area contributed by atoms with Crippen LogP contribution in [-0.4, -0.2) is 34.8 Å². The summed E-state index contributed by atoms with van der Waals surface area (Å²) >= 11 is 0. The topological polar surface area (TPSA) is 49.4 Å². The van der Waals surface area contributed by atoms with Gasteiger partial charge in [0.25, 0.3) is 0 Å². The van der Waals surface area contributed by atoms with Crippen molar-refractivity contribution in [2.24, 2.45) is 5.92 Å². The van der Waals surface area contributed by atoms with E-state index < -0.39 is 5.54 Å². The molecule has 3 aliphatic rings. The molecule has 3 fully saturated rings. The van der Waals surface area contributed by atoms with Crippen LogP contribution >= 0.6 is 0 Å². The van der Waals surface area contributed by atoms with Crippen molar-refractivity contribution >= 4 is 11.8 Å². The van der Waals surface area contributed by atoms with Crippen LogP contribution in [0.2, 0.25) is 0 Å². The number of rotatable bonds is 1. The maximum absolute atomic E-state index is 13.0. The molecule has 0 radical (unpaired) electrons. The first-order chi connectivity index (χ1) is 9.62. The smallest absolute Gasteiger partial charge is 0.249 e. The minimum atomic E-state index is -0.554. The fraction of sp³-hybridized carbons (Fsp3) is 0.875. The molecule has 1 heterocycles. The Kier molecular flexibility index (Phi) is 3.74. The van der Waals surface area contributed by atoms with Crippen LogP contribution in [0.15, 0.2) is 0 Å². The van der Waals surface area contributed by atoms with Gasteiger partial charge in [0, 0.05) is 6.04 Å². The number of carbonyl (C=O) groups excluding carboxylic acids is 2. The molecule has 0 aromatic carbocycles. The minimum absolute atomic E-state index is 0.0444. The zero-order chi connectivity index (χ0) is 14.2. The van der Waals surface area contributed by atoms with E-state index in [1.54, 1.807) is 0 Å². The quantitative estimate of drug-likeness (QED) is 0.748. The molecule has 0 bridgehead atoms. The average Bonchev–Trinajstić information content (AvgIpc) is 2.77. The van der Waals surface area contributed by atoms with Crippen LogP contribution in [0.1, 0.15) is 64.7 Å². The Morgan fingerprint density at radius 2 is 1.75 bits per heavy atom. The van der Waals surface area contributed by atoms with E-state index in [2.05, 4.69) is 12.2 Å². The summed E-state index contributed by atoms with van der Waals surface area (Å²) < 4.78 is 0. The molecular formula is C16H26N2O2. The van der Waals surface area contributed by atoms with E-state index in [0.717, 1.165) is 32.1 Å². The van der Waals surface area contributed by atoms with Gasteiger partial charge in [-0.05, 0) is 31.6 Å². The third kappa shape index (κ3) is 2.33. The lowest BCUT2D eigenvalue weighted by Gasteiger charge is -2.44. The lowest BCUT2D eigenvalue weighted by Crippen LogP contribution is -2.67. The number of piperazine rings is 1. The molecule has 4 heteroatoms. The summed E-state index contributed by atoms with van der Waals surface area (Å²) in [5.74, 6) is 0.766. The third-order valence-corrected chi connectivity index (χ3v) is 5.54. The highest BCUT2D eigenvalue weighted by Crippen LogP contribution is 2.36. The monoisotopic (exact) mass is 278 g/mol. The molecule has 1 spiro atoms. The molecule has 2 atom stereocenters. The van der Waals surface area contributed by atoms with E-state index in [1.165, 1.54) is 25.7 Å². The van der Waals surface area contributed by atoms with Gasteiger partial charge in [-0.1, -0.05) is 39.0 Å². The van der Waals surface area contributed by atoms with E-state index in [9.17, 15) is 9.59 Å². The summed E-state index contributed by atoms with van der Waals surface area (Å²) in [7, 11) is 0. The SMILES string of the molecule is CC1CCCCCC1N1CC(=O)NC2(CCCC2)C1=O. The molecule has 1 N–H and O–H groups in total. The number of hydrogen-bond acceptors (Lipinski definition) is 2. The van der Waals surface area contributed by atoms with Crippen LogP contribution in [-0.2, 0) is 9.59 Å². The molecule has 2 saturated carbocycles. The van der Waals surface area contributed by atoms with E-state index in [4.69, 9.17) is 0 Å². The van der Waals surface area contributed by atoms with E-state index in [1.807, 2.05) is 4.90 Å².